The van der Waals surface area contributed by atoms with Gasteiger partial charge in [-0.2, -0.15) is 5.10 Å². The molecule has 2 aromatic heterocycles. The molecule has 2 heterocycles. The Kier molecular flexibility index (Phi) is 10.9. The number of fused-ring (bicyclic) bond motifs is 1. The van der Waals surface area contributed by atoms with Crippen LogP contribution in [0.5, 0.6) is 5.75 Å². The smallest absolute Gasteiger partial charge is 0.266 e. The number of rotatable bonds is 15. The van der Waals surface area contributed by atoms with Crippen molar-refractivity contribution in [1.82, 2.24) is 25.4 Å². The molecule has 0 bridgehead atoms. The van der Waals surface area contributed by atoms with Gasteiger partial charge in [-0.25, -0.2) is 4.68 Å². The van der Waals surface area contributed by atoms with Crippen molar-refractivity contribution in [3.05, 3.63) is 82.3 Å². The Bertz CT molecular complexity index is 1630. The predicted molar refractivity (Wildman–Crippen MR) is 166 cm³/mol. The highest BCUT2D eigenvalue weighted by atomic mass is 16.5. The fourth-order valence-corrected chi connectivity index (χ4v) is 5.07. The molecular formula is C33H39N5O5. The van der Waals surface area contributed by atoms with Crippen molar-refractivity contribution in [3.63, 3.8) is 0 Å². The van der Waals surface area contributed by atoms with Crippen LogP contribution < -0.4 is 20.9 Å². The Morgan fingerprint density at radius 3 is 2.56 bits per heavy atom. The number of ether oxygens (including phenoxy) is 1. The highest BCUT2D eigenvalue weighted by Crippen LogP contribution is 2.27. The highest BCUT2D eigenvalue weighted by Gasteiger charge is 2.22. The number of amides is 2. The van der Waals surface area contributed by atoms with Gasteiger partial charge in [-0.05, 0) is 56.5 Å². The van der Waals surface area contributed by atoms with E-state index in [0.29, 0.717) is 30.7 Å². The van der Waals surface area contributed by atoms with Gasteiger partial charge < -0.3 is 25.1 Å². The fraction of sp³-hybridized carbons (Fsp3) is 0.364. The summed E-state index contributed by atoms with van der Waals surface area (Å²) in [6, 6.07) is 17.6. The number of aromatic amines is 1. The number of nitrogens with one attached hydrogen (secondary N) is 3. The zero-order chi connectivity index (χ0) is 30.8. The van der Waals surface area contributed by atoms with Gasteiger partial charge in [0.15, 0.2) is 0 Å². The maximum absolute atomic E-state index is 13.3. The first-order valence-electron chi connectivity index (χ1n) is 14.6. The van der Waals surface area contributed by atoms with Crippen LogP contribution in [0.4, 0.5) is 0 Å². The molecule has 4 aromatic rings. The van der Waals surface area contributed by atoms with Gasteiger partial charge in [0.25, 0.3) is 5.56 Å². The third-order valence-corrected chi connectivity index (χ3v) is 7.40. The Hall–Kier alpha value is -4.73. The summed E-state index contributed by atoms with van der Waals surface area (Å²) in [5.41, 5.74) is 3.90. The number of ketones is 1. The summed E-state index contributed by atoms with van der Waals surface area (Å²) in [5, 5.41) is 11.1. The summed E-state index contributed by atoms with van der Waals surface area (Å²) >= 11 is 0. The summed E-state index contributed by atoms with van der Waals surface area (Å²) in [6.07, 6.45) is 3.20. The molecule has 0 unspecified atom stereocenters. The van der Waals surface area contributed by atoms with E-state index in [-0.39, 0.29) is 42.7 Å². The topological polar surface area (TPSA) is 135 Å². The molecule has 0 spiro atoms. The van der Waals surface area contributed by atoms with Crippen molar-refractivity contribution in [2.75, 3.05) is 13.7 Å². The van der Waals surface area contributed by atoms with Crippen LogP contribution in [0.15, 0.2) is 65.5 Å². The van der Waals surface area contributed by atoms with E-state index in [1.807, 2.05) is 55.5 Å². The number of carbonyl (C=O) groups is 3. The van der Waals surface area contributed by atoms with Crippen LogP contribution in [0.3, 0.4) is 0 Å². The first kappa shape index (κ1) is 31.2. The molecule has 0 aliphatic heterocycles. The van der Waals surface area contributed by atoms with Crippen molar-refractivity contribution in [1.29, 1.82) is 0 Å². The Labute approximate surface area is 250 Å². The minimum atomic E-state index is -0.759. The molecule has 0 radical (unpaired) electrons. The summed E-state index contributed by atoms with van der Waals surface area (Å²) in [7, 11) is 1.60. The molecule has 4 rings (SSSR count). The fourth-order valence-electron chi connectivity index (χ4n) is 5.07. The van der Waals surface area contributed by atoms with Crippen molar-refractivity contribution in [2.45, 2.75) is 65.0 Å². The minimum Gasteiger partial charge on any atom is -0.497 e. The standard InChI is InChI=1S/C33H39N5O5/c1-22(39)10-6-4-9-13-30(36-31(40)21-26-23(2)35-29-15-14-25(43-3)20-27(26)29)33(42)34-18-19-38-32(41)17-16-28(37-38)24-11-7-5-8-12-24/h5,7-8,11-12,14-17,20,30,35H,4,6,9-10,13,18-19,21H2,1-3H3,(H,34,42)(H,36,40)/t30-/m0/s1. The molecule has 10 heteroatoms. The number of hydrogen-bond acceptors (Lipinski definition) is 6. The van der Waals surface area contributed by atoms with E-state index >= 15 is 0 Å². The molecule has 0 saturated heterocycles. The van der Waals surface area contributed by atoms with Gasteiger partial charge in [0, 0.05) is 41.2 Å². The number of nitrogens with zero attached hydrogens (tertiary/aromatic N) is 2. The van der Waals surface area contributed by atoms with E-state index in [1.165, 1.54) is 10.7 Å². The quantitative estimate of drug-likeness (QED) is 0.180. The molecule has 0 aliphatic carbocycles. The van der Waals surface area contributed by atoms with Crippen LogP contribution in [-0.2, 0) is 27.3 Å². The number of aromatic nitrogens is 3. The SMILES string of the molecule is COc1ccc2[nH]c(C)c(CC(=O)N[C@@H](CCCCCC(C)=O)C(=O)NCCn3nc(-c4ccccc4)ccc3=O)c2c1. The van der Waals surface area contributed by atoms with E-state index in [9.17, 15) is 19.2 Å². The monoisotopic (exact) mass is 585 g/mol. The first-order chi connectivity index (χ1) is 20.7. The first-order valence-corrected chi connectivity index (χ1v) is 14.6. The van der Waals surface area contributed by atoms with E-state index in [2.05, 4.69) is 20.7 Å². The van der Waals surface area contributed by atoms with Gasteiger partial charge in [-0.3, -0.25) is 14.4 Å². The number of H-pyrrole nitrogens is 1. The van der Waals surface area contributed by atoms with Crippen LogP contribution >= 0.6 is 0 Å². The number of Topliss-reactive ketones (excluding diaryl/α,β-unsaturated/α-hetero) is 1. The molecular weight excluding hydrogens is 546 g/mol. The number of methoxy groups -OCH3 is 1. The van der Waals surface area contributed by atoms with Crippen molar-refractivity contribution in [3.8, 4) is 17.0 Å². The maximum Gasteiger partial charge on any atom is 0.266 e. The number of unbranched alkanes of at least 4 members (excludes halogenated alkanes) is 2. The maximum atomic E-state index is 13.3. The van der Waals surface area contributed by atoms with Crippen LogP contribution in [-0.4, -0.2) is 52.1 Å². The molecule has 0 fully saturated rings. The summed E-state index contributed by atoms with van der Waals surface area (Å²) < 4.78 is 6.68. The summed E-state index contributed by atoms with van der Waals surface area (Å²) in [4.78, 5) is 53.5. The van der Waals surface area contributed by atoms with E-state index in [4.69, 9.17) is 4.74 Å². The second kappa shape index (κ2) is 14.9. The largest absolute Gasteiger partial charge is 0.497 e. The van der Waals surface area contributed by atoms with E-state index in [0.717, 1.165) is 40.6 Å². The Balaban J connectivity index is 1.41. The highest BCUT2D eigenvalue weighted by molar-refractivity contribution is 5.93. The molecule has 0 aliphatic rings. The van der Waals surface area contributed by atoms with Gasteiger partial charge >= 0.3 is 0 Å². The number of hydrogen-bond donors (Lipinski definition) is 3. The van der Waals surface area contributed by atoms with Gasteiger partial charge in [-0.1, -0.05) is 43.2 Å². The third-order valence-electron chi connectivity index (χ3n) is 7.40. The molecule has 3 N–H and O–H groups in total. The van der Waals surface area contributed by atoms with Crippen LogP contribution in [0.1, 0.15) is 50.3 Å². The van der Waals surface area contributed by atoms with E-state index < -0.39 is 6.04 Å². The number of aryl methyl sites for hydroxylation is 1. The molecule has 1 atom stereocenters. The molecule has 226 valence electrons. The van der Waals surface area contributed by atoms with Gasteiger partial charge in [-0.15, -0.1) is 0 Å². The van der Waals surface area contributed by atoms with Crippen molar-refractivity contribution in [2.24, 2.45) is 0 Å². The third kappa shape index (κ3) is 8.64. The second-order valence-corrected chi connectivity index (χ2v) is 10.7. The van der Waals surface area contributed by atoms with Crippen molar-refractivity contribution >= 4 is 28.5 Å². The average Bonchev–Trinajstić information content (AvgIpc) is 3.31. The lowest BCUT2D eigenvalue weighted by molar-refractivity contribution is -0.128. The normalized spacial score (nSPS) is 11.7. The predicted octanol–water partition coefficient (Wildman–Crippen LogP) is 4.09. The zero-order valence-corrected chi connectivity index (χ0v) is 24.9. The lowest BCUT2D eigenvalue weighted by Gasteiger charge is -2.19. The number of benzene rings is 2. The summed E-state index contributed by atoms with van der Waals surface area (Å²) in [5.74, 6) is 0.223. The van der Waals surface area contributed by atoms with Crippen molar-refractivity contribution < 1.29 is 19.1 Å². The minimum absolute atomic E-state index is 0.0959. The molecule has 2 aromatic carbocycles. The lowest BCUT2D eigenvalue weighted by atomic mass is 10.0. The average molecular weight is 586 g/mol. The summed E-state index contributed by atoms with van der Waals surface area (Å²) in [6.45, 7) is 3.83. The van der Waals surface area contributed by atoms with Crippen LogP contribution in [0.25, 0.3) is 22.2 Å². The Morgan fingerprint density at radius 1 is 1.02 bits per heavy atom. The van der Waals surface area contributed by atoms with Crippen LogP contribution in [0, 0.1) is 6.92 Å². The van der Waals surface area contributed by atoms with Crippen LogP contribution in [0.2, 0.25) is 0 Å². The number of carbonyl (C=O) groups excluding carboxylic acids is 3. The zero-order valence-electron chi connectivity index (χ0n) is 24.9. The molecule has 43 heavy (non-hydrogen) atoms. The lowest BCUT2D eigenvalue weighted by Crippen LogP contribution is -2.48. The van der Waals surface area contributed by atoms with E-state index in [1.54, 1.807) is 20.1 Å². The molecule has 10 nitrogen and oxygen atoms in total. The van der Waals surface area contributed by atoms with Gasteiger partial charge in [0.1, 0.15) is 17.6 Å². The van der Waals surface area contributed by atoms with Gasteiger partial charge in [0.2, 0.25) is 11.8 Å². The second-order valence-electron chi connectivity index (χ2n) is 10.7. The molecule has 2 amide bonds. The Morgan fingerprint density at radius 2 is 1.81 bits per heavy atom. The molecule has 0 saturated carbocycles. The van der Waals surface area contributed by atoms with Gasteiger partial charge in [0.05, 0.1) is 25.8 Å².